The van der Waals surface area contributed by atoms with E-state index in [2.05, 4.69) is 5.32 Å². The van der Waals surface area contributed by atoms with E-state index in [-0.39, 0.29) is 5.91 Å². The van der Waals surface area contributed by atoms with Gasteiger partial charge in [0.05, 0.1) is 16.9 Å². The van der Waals surface area contributed by atoms with Gasteiger partial charge in [-0.05, 0) is 39.3 Å². The van der Waals surface area contributed by atoms with Crippen molar-refractivity contribution in [2.45, 2.75) is 39.0 Å². The lowest BCUT2D eigenvalue weighted by molar-refractivity contribution is 0.0934. The first-order valence-electron chi connectivity index (χ1n) is 7.73. The molecule has 2 rings (SSSR count). The molecule has 0 aliphatic rings. The normalized spacial score (nSPS) is 14.2. The Morgan fingerprint density at radius 3 is 2.17 bits per heavy atom. The lowest BCUT2D eigenvalue weighted by Crippen LogP contribution is -2.38. The van der Waals surface area contributed by atoms with Gasteiger partial charge in [-0.3, -0.25) is 4.79 Å². The van der Waals surface area contributed by atoms with Gasteiger partial charge < -0.3 is 9.73 Å². The van der Waals surface area contributed by atoms with E-state index in [0.29, 0.717) is 17.1 Å². The summed E-state index contributed by atoms with van der Waals surface area (Å²) in [6, 6.07) is 8.50. The molecule has 0 spiro atoms. The SMILES string of the molecule is Cc1ccc([C@H](NC(=O)c2cc(C)oc2C)[C@H](C)S(C)(=O)=O)cc1. The highest BCUT2D eigenvalue weighted by Gasteiger charge is 2.30. The molecule has 2 atom stereocenters. The Labute approximate surface area is 143 Å². The quantitative estimate of drug-likeness (QED) is 0.900. The Hall–Kier alpha value is -2.08. The van der Waals surface area contributed by atoms with Crippen LogP contribution in [0.1, 0.15) is 46.0 Å². The Morgan fingerprint density at radius 1 is 1.12 bits per heavy atom. The molecule has 2 aromatic rings. The third-order valence-electron chi connectivity index (χ3n) is 4.15. The molecule has 0 fully saturated rings. The monoisotopic (exact) mass is 349 g/mol. The smallest absolute Gasteiger partial charge is 0.255 e. The third-order valence-corrected chi connectivity index (χ3v) is 5.78. The number of amides is 1. The largest absolute Gasteiger partial charge is 0.466 e. The number of nitrogens with one attached hydrogen (secondary N) is 1. The summed E-state index contributed by atoms with van der Waals surface area (Å²) in [4.78, 5) is 12.6. The summed E-state index contributed by atoms with van der Waals surface area (Å²) in [7, 11) is -3.33. The molecule has 6 heteroatoms. The van der Waals surface area contributed by atoms with Gasteiger partial charge >= 0.3 is 0 Å². The van der Waals surface area contributed by atoms with E-state index in [0.717, 1.165) is 11.1 Å². The number of carbonyl (C=O) groups is 1. The summed E-state index contributed by atoms with van der Waals surface area (Å²) in [5.74, 6) is 0.811. The van der Waals surface area contributed by atoms with Crippen molar-refractivity contribution >= 4 is 15.7 Å². The molecular weight excluding hydrogens is 326 g/mol. The zero-order chi connectivity index (χ0) is 18.1. The number of furan rings is 1. The highest BCUT2D eigenvalue weighted by atomic mass is 32.2. The van der Waals surface area contributed by atoms with Crippen LogP contribution >= 0.6 is 0 Å². The topological polar surface area (TPSA) is 76.4 Å². The fraction of sp³-hybridized carbons (Fsp3) is 0.389. The average molecular weight is 349 g/mol. The maximum absolute atomic E-state index is 12.6. The van der Waals surface area contributed by atoms with Crippen molar-refractivity contribution in [2.75, 3.05) is 6.26 Å². The van der Waals surface area contributed by atoms with Crippen LogP contribution in [0.4, 0.5) is 0 Å². The molecule has 0 saturated heterocycles. The molecule has 130 valence electrons. The van der Waals surface area contributed by atoms with Gasteiger partial charge in [-0.1, -0.05) is 29.8 Å². The van der Waals surface area contributed by atoms with Gasteiger partial charge in [-0.25, -0.2) is 8.42 Å². The van der Waals surface area contributed by atoms with Crippen molar-refractivity contribution in [3.8, 4) is 0 Å². The molecule has 0 bridgehead atoms. The first-order chi connectivity index (χ1) is 11.1. The summed E-state index contributed by atoms with van der Waals surface area (Å²) in [5, 5.41) is 2.10. The number of hydrogen-bond donors (Lipinski definition) is 1. The molecule has 0 unspecified atom stereocenters. The molecule has 5 nitrogen and oxygen atoms in total. The van der Waals surface area contributed by atoms with Crippen molar-refractivity contribution < 1.29 is 17.6 Å². The van der Waals surface area contributed by atoms with Crippen molar-refractivity contribution in [2.24, 2.45) is 0 Å². The zero-order valence-electron chi connectivity index (χ0n) is 14.6. The first-order valence-corrected chi connectivity index (χ1v) is 9.68. The Bertz CT molecular complexity index is 834. The fourth-order valence-electron chi connectivity index (χ4n) is 2.57. The minimum absolute atomic E-state index is 0.342. The second-order valence-electron chi connectivity index (χ2n) is 6.22. The van der Waals surface area contributed by atoms with Crippen molar-refractivity contribution in [1.82, 2.24) is 5.32 Å². The summed E-state index contributed by atoms with van der Waals surface area (Å²) in [6.45, 7) is 7.03. The average Bonchev–Trinajstić information content (AvgIpc) is 2.83. The van der Waals surface area contributed by atoms with Gasteiger partial charge in [0, 0.05) is 6.26 Å². The Kier molecular flexibility index (Phi) is 5.18. The maximum Gasteiger partial charge on any atom is 0.255 e. The summed E-state index contributed by atoms with van der Waals surface area (Å²) >= 11 is 0. The summed E-state index contributed by atoms with van der Waals surface area (Å²) < 4.78 is 29.5. The van der Waals surface area contributed by atoms with Crippen LogP contribution < -0.4 is 5.32 Å². The lowest BCUT2D eigenvalue weighted by atomic mass is 10.0. The minimum atomic E-state index is -3.33. The van der Waals surface area contributed by atoms with Crippen LogP contribution in [0.2, 0.25) is 0 Å². The van der Waals surface area contributed by atoms with Crippen LogP contribution in [0.3, 0.4) is 0 Å². The maximum atomic E-state index is 12.6. The second-order valence-corrected chi connectivity index (χ2v) is 8.63. The number of aryl methyl sites for hydroxylation is 3. The summed E-state index contributed by atoms with van der Waals surface area (Å²) in [6.07, 6.45) is 1.18. The molecule has 1 aromatic carbocycles. The highest BCUT2D eigenvalue weighted by Crippen LogP contribution is 2.24. The predicted octanol–water partition coefficient (Wildman–Crippen LogP) is 3.11. The van der Waals surface area contributed by atoms with Crippen LogP contribution in [-0.4, -0.2) is 25.8 Å². The zero-order valence-corrected chi connectivity index (χ0v) is 15.4. The molecule has 1 N–H and O–H groups in total. The number of sulfone groups is 1. The molecule has 24 heavy (non-hydrogen) atoms. The standard InChI is InChI=1S/C18H23NO4S/c1-11-6-8-15(9-7-11)17(14(4)24(5,21)22)19-18(20)16-10-12(2)23-13(16)3/h6-10,14,17H,1-5H3,(H,19,20)/t14-,17+/m0/s1. The highest BCUT2D eigenvalue weighted by molar-refractivity contribution is 7.91. The minimum Gasteiger partial charge on any atom is -0.466 e. The van der Waals surface area contributed by atoms with Crippen molar-refractivity contribution in [3.63, 3.8) is 0 Å². The molecule has 1 heterocycles. The van der Waals surface area contributed by atoms with Gasteiger partial charge in [-0.2, -0.15) is 0 Å². The number of rotatable bonds is 5. The van der Waals surface area contributed by atoms with E-state index >= 15 is 0 Å². The van der Waals surface area contributed by atoms with Gasteiger partial charge in [0.2, 0.25) is 0 Å². The van der Waals surface area contributed by atoms with Gasteiger partial charge in [0.15, 0.2) is 9.84 Å². The van der Waals surface area contributed by atoms with Crippen LogP contribution in [0.25, 0.3) is 0 Å². The molecular formula is C18H23NO4S. The van der Waals surface area contributed by atoms with E-state index in [1.54, 1.807) is 26.8 Å². The van der Waals surface area contributed by atoms with E-state index in [9.17, 15) is 13.2 Å². The van der Waals surface area contributed by atoms with Gasteiger partial charge in [-0.15, -0.1) is 0 Å². The van der Waals surface area contributed by atoms with E-state index in [1.165, 1.54) is 6.26 Å². The molecule has 1 aromatic heterocycles. The van der Waals surface area contributed by atoms with E-state index in [1.807, 2.05) is 31.2 Å². The number of hydrogen-bond acceptors (Lipinski definition) is 4. The van der Waals surface area contributed by atoms with Crippen LogP contribution in [0.5, 0.6) is 0 Å². The first kappa shape index (κ1) is 18.3. The van der Waals surface area contributed by atoms with Crippen molar-refractivity contribution in [1.29, 1.82) is 0 Å². The molecule has 0 aliphatic heterocycles. The predicted molar refractivity (Wildman–Crippen MR) is 93.9 cm³/mol. The molecule has 0 aliphatic carbocycles. The third kappa shape index (κ3) is 4.06. The number of benzene rings is 1. The fourth-order valence-corrected chi connectivity index (χ4v) is 3.29. The molecule has 1 amide bonds. The Balaban J connectivity index is 2.37. The Morgan fingerprint density at radius 2 is 1.71 bits per heavy atom. The molecule has 0 radical (unpaired) electrons. The lowest BCUT2D eigenvalue weighted by Gasteiger charge is -2.24. The second kappa shape index (κ2) is 6.81. The van der Waals surface area contributed by atoms with Gasteiger partial charge in [0.25, 0.3) is 5.91 Å². The molecule has 0 saturated carbocycles. The van der Waals surface area contributed by atoms with Crippen molar-refractivity contribution in [3.05, 3.63) is 58.5 Å². The number of carbonyl (C=O) groups excluding carboxylic acids is 1. The summed E-state index contributed by atoms with van der Waals surface area (Å²) in [5.41, 5.74) is 2.24. The van der Waals surface area contributed by atoms with Gasteiger partial charge in [0.1, 0.15) is 11.5 Å². The van der Waals surface area contributed by atoms with Crippen LogP contribution in [0.15, 0.2) is 34.7 Å². The van der Waals surface area contributed by atoms with Crippen LogP contribution in [-0.2, 0) is 9.84 Å². The van der Waals surface area contributed by atoms with E-state index in [4.69, 9.17) is 4.42 Å². The van der Waals surface area contributed by atoms with E-state index < -0.39 is 21.1 Å². The van der Waals surface area contributed by atoms with Crippen LogP contribution in [0, 0.1) is 20.8 Å².